The fraction of sp³-hybridized carbons (Fsp3) is 0.289. The molecule has 288 valence electrons. The van der Waals surface area contributed by atoms with Gasteiger partial charge in [-0.3, -0.25) is 14.6 Å². The van der Waals surface area contributed by atoms with E-state index in [1.54, 1.807) is 24.4 Å². The average Bonchev–Trinajstić information content (AvgIpc) is 3.59. The number of hydrogen-bond donors (Lipinski definition) is 4. The molecule has 10 nitrogen and oxygen atoms in total. The predicted octanol–water partition coefficient (Wildman–Crippen LogP) is 8.02. The molecule has 0 aliphatic heterocycles. The van der Waals surface area contributed by atoms with Crippen molar-refractivity contribution in [3.8, 4) is 39.8 Å². The van der Waals surface area contributed by atoms with Gasteiger partial charge < -0.3 is 30.1 Å². The SMILES string of the molecule is Cc1c(COc2cc(OCc3cncc(C#N)c3)c(CCC[C@@H](O)CC(=O)O)cc2Cl)cccc1-c1cccc(-c2ccc3c(c2)CC(NCC(=O)O)C3)c1C. The molecule has 0 bridgehead atoms. The molecule has 1 heterocycles. The van der Waals surface area contributed by atoms with E-state index in [1.807, 2.05) is 12.1 Å². The van der Waals surface area contributed by atoms with Crippen molar-refractivity contribution in [1.29, 1.82) is 5.26 Å². The standard InChI is InChI=1S/C45H44ClN3O7/c1-27-34(7-4-10-39(27)40-11-5-9-38(28(40)2)32-13-12-31-16-36(17-35(31)15-32)49-24-45(53)54)26-56-43-20-42(55-25-30-14-29(21-47)22-48-23-30)33(18-41(43)46)6-3-8-37(50)19-44(51)52/h4-5,7,9-15,18,20,22-23,36-37,49-50H,3,6,8,16-17,19,24-26H2,1-2H3,(H,51,52)(H,53,54)/t36?,37-/m1/s1. The number of aliphatic hydroxyl groups excluding tert-OH is 1. The van der Waals surface area contributed by atoms with Gasteiger partial charge in [0.15, 0.2) is 0 Å². The molecule has 0 spiro atoms. The van der Waals surface area contributed by atoms with E-state index in [2.05, 4.69) is 72.7 Å². The van der Waals surface area contributed by atoms with Crippen molar-refractivity contribution < 1.29 is 34.4 Å². The van der Waals surface area contributed by atoms with Crippen molar-refractivity contribution >= 4 is 23.5 Å². The summed E-state index contributed by atoms with van der Waals surface area (Å²) >= 11 is 6.79. The van der Waals surface area contributed by atoms with E-state index >= 15 is 0 Å². The number of nitriles is 1. The van der Waals surface area contributed by atoms with Gasteiger partial charge in [0.25, 0.3) is 0 Å². The Morgan fingerprint density at radius 2 is 1.61 bits per heavy atom. The zero-order valence-corrected chi connectivity index (χ0v) is 32.1. The lowest BCUT2D eigenvalue weighted by Gasteiger charge is -2.18. The number of aromatic nitrogens is 1. The fourth-order valence-electron chi connectivity index (χ4n) is 7.33. The van der Waals surface area contributed by atoms with Crippen LogP contribution in [-0.4, -0.2) is 50.9 Å². The van der Waals surface area contributed by atoms with Crippen molar-refractivity contribution in [2.75, 3.05) is 6.54 Å². The first kappa shape index (κ1) is 39.9. The number of aliphatic carboxylic acids is 2. The van der Waals surface area contributed by atoms with Crippen LogP contribution in [0.3, 0.4) is 0 Å². The molecular weight excluding hydrogens is 730 g/mol. The Kier molecular flexibility index (Phi) is 13.0. The van der Waals surface area contributed by atoms with Gasteiger partial charge in [0.1, 0.15) is 30.8 Å². The number of aliphatic hydroxyl groups is 1. The highest BCUT2D eigenvalue weighted by molar-refractivity contribution is 6.32. The van der Waals surface area contributed by atoms with Gasteiger partial charge in [-0.15, -0.1) is 0 Å². The van der Waals surface area contributed by atoms with E-state index in [0.29, 0.717) is 46.9 Å². The summed E-state index contributed by atoms with van der Waals surface area (Å²) in [5, 5.41) is 41.1. The second-order valence-electron chi connectivity index (χ2n) is 14.2. The molecule has 5 aromatic rings. The number of ether oxygens (including phenoxy) is 2. The molecule has 11 heteroatoms. The van der Waals surface area contributed by atoms with Crippen molar-refractivity contribution in [2.24, 2.45) is 0 Å². The van der Waals surface area contributed by atoms with Crippen LogP contribution >= 0.6 is 11.6 Å². The third-order valence-corrected chi connectivity index (χ3v) is 10.6. The minimum absolute atomic E-state index is 0.0470. The van der Waals surface area contributed by atoms with Gasteiger partial charge in [0.2, 0.25) is 0 Å². The lowest BCUT2D eigenvalue weighted by Crippen LogP contribution is -2.33. The molecule has 0 fully saturated rings. The van der Waals surface area contributed by atoms with Crippen molar-refractivity contribution in [1.82, 2.24) is 10.3 Å². The molecule has 1 aliphatic rings. The number of aryl methyl sites for hydroxylation is 1. The van der Waals surface area contributed by atoms with Gasteiger partial charge >= 0.3 is 11.9 Å². The number of pyridine rings is 1. The number of carboxylic acids is 2. The van der Waals surface area contributed by atoms with Crippen LogP contribution in [-0.2, 0) is 42.1 Å². The van der Waals surface area contributed by atoms with Gasteiger partial charge in [0.05, 0.1) is 29.7 Å². The van der Waals surface area contributed by atoms with E-state index in [4.69, 9.17) is 31.3 Å². The molecule has 0 radical (unpaired) electrons. The molecule has 0 amide bonds. The Morgan fingerprint density at radius 3 is 2.38 bits per heavy atom. The van der Waals surface area contributed by atoms with E-state index in [0.717, 1.165) is 57.3 Å². The largest absolute Gasteiger partial charge is 0.488 e. The molecule has 4 N–H and O–H groups in total. The Balaban J connectivity index is 1.20. The third kappa shape index (κ3) is 9.92. The maximum atomic E-state index is 11.1. The number of hydrogen-bond acceptors (Lipinski definition) is 8. The van der Waals surface area contributed by atoms with Crippen LogP contribution in [0, 0.1) is 25.2 Å². The molecule has 1 aromatic heterocycles. The Labute approximate surface area is 331 Å². The zero-order valence-electron chi connectivity index (χ0n) is 31.3. The Morgan fingerprint density at radius 1 is 0.875 bits per heavy atom. The van der Waals surface area contributed by atoms with Crippen LogP contribution < -0.4 is 14.8 Å². The summed E-state index contributed by atoms with van der Waals surface area (Å²) < 4.78 is 12.6. The summed E-state index contributed by atoms with van der Waals surface area (Å²) in [6.45, 7) is 4.57. The van der Waals surface area contributed by atoms with Gasteiger partial charge in [-0.2, -0.15) is 5.26 Å². The first-order chi connectivity index (χ1) is 27.0. The number of nitrogens with zero attached hydrogens (tertiary/aromatic N) is 2. The van der Waals surface area contributed by atoms with E-state index in [1.165, 1.54) is 17.3 Å². The first-order valence-corrected chi connectivity index (χ1v) is 18.9. The number of carboxylic acid groups (broad SMARTS) is 2. The fourth-order valence-corrected chi connectivity index (χ4v) is 7.57. The molecule has 1 aliphatic carbocycles. The molecular formula is C45H44ClN3O7. The third-order valence-electron chi connectivity index (χ3n) is 10.3. The van der Waals surface area contributed by atoms with E-state index < -0.39 is 18.0 Å². The topological polar surface area (TPSA) is 162 Å². The second kappa shape index (κ2) is 18.3. The van der Waals surface area contributed by atoms with E-state index in [9.17, 15) is 20.0 Å². The number of carbonyl (C=O) groups is 2. The number of rotatable bonds is 17. The Bertz CT molecular complexity index is 2290. The Hall–Kier alpha value is -5.73. The zero-order chi connectivity index (χ0) is 39.8. The summed E-state index contributed by atoms with van der Waals surface area (Å²) in [7, 11) is 0. The quantitative estimate of drug-likeness (QED) is 0.0728. The summed E-state index contributed by atoms with van der Waals surface area (Å²) in [5.74, 6) is -0.951. The molecule has 2 atom stereocenters. The minimum atomic E-state index is -1.05. The van der Waals surface area contributed by atoms with Crippen LogP contribution in [0.4, 0.5) is 0 Å². The van der Waals surface area contributed by atoms with Gasteiger partial charge in [-0.25, -0.2) is 0 Å². The predicted molar refractivity (Wildman–Crippen MR) is 214 cm³/mol. The average molecular weight is 774 g/mol. The van der Waals surface area contributed by atoms with Gasteiger partial charge in [-0.1, -0.05) is 66.2 Å². The van der Waals surface area contributed by atoms with Crippen LogP contribution in [0.1, 0.15) is 63.8 Å². The smallest absolute Gasteiger partial charge is 0.317 e. The first-order valence-electron chi connectivity index (χ1n) is 18.6. The minimum Gasteiger partial charge on any atom is -0.488 e. The monoisotopic (exact) mass is 773 g/mol. The number of benzene rings is 4. The molecule has 1 unspecified atom stereocenters. The van der Waals surface area contributed by atoms with E-state index in [-0.39, 0.29) is 32.2 Å². The molecule has 0 saturated heterocycles. The summed E-state index contributed by atoms with van der Waals surface area (Å²) in [6, 6.07) is 26.5. The normalized spacial score (nSPS) is 13.8. The maximum Gasteiger partial charge on any atom is 0.317 e. The van der Waals surface area contributed by atoms with Crippen molar-refractivity contribution in [3.05, 3.63) is 135 Å². The van der Waals surface area contributed by atoms with Crippen LogP contribution in [0.15, 0.2) is 85.2 Å². The van der Waals surface area contributed by atoms with Crippen LogP contribution in [0.5, 0.6) is 11.5 Å². The highest BCUT2D eigenvalue weighted by Crippen LogP contribution is 2.38. The van der Waals surface area contributed by atoms with Gasteiger partial charge in [-0.05, 0) is 114 Å². The van der Waals surface area contributed by atoms with Crippen molar-refractivity contribution in [2.45, 2.75) is 77.7 Å². The molecule has 4 aromatic carbocycles. The summed E-state index contributed by atoms with van der Waals surface area (Å²) in [6.07, 6.45) is 4.75. The molecule has 6 rings (SSSR count). The van der Waals surface area contributed by atoms with Crippen LogP contribution in [0.25, 0.3) is 22.3 Å². The number of halogens is 1. The van der Waals surface area contributed by atoms with Gasteiger partial charge in [0, 0.05) is 30.1 Å². The second-order valence-corrected chi connectivity index (χ2v) is 14.6. The van der Waals surface area contributed by atoms with Crippen molar-refractivity contribution in [3.63, 3.8) is 0 Å². The number of nitrogens with one attached hydrogen (secondary N) is 1. The lowest BCUT2D eigenvalue weighted by molar-refractivity contribution is -0.139. The number of fused-ring (bicyclic) bond motifs is 1. The summed E-state index contributed by atoms with van der Waals surface area (Å²) in [5.41, 5.74) is 12.1. The molecule has 56 heavy (non-hydrogen) atoms. The molecule has 0 saturated carbocycles. The highest BCUT2D eigenvalue weighted by atomic mass is 35.5. The maximum absolute atomic E-state index is 11.1. The van der Waals surface area contributed by atoms with Crippen LogP contribution in [0.2, 0.25) is 5.02 Å². The summed E-state index contributed by atoms with van der Waals surface area (Å²) in [4.78, 5) is 26.2. The highest BCUT2D eigenvalue weighted by Gasteiger charge is 2.23. The lowest BCUT2D eigenvalue weighted by atomic mass is 9.89.